The fourth-order valence-corrected chi connectivity index (χ4v) is 1.40. The summed E-state index contributed by atoms with van der Waals surface area (Å²) in [5.41, 5.74) is 5.95. The summed E-state index contributed by atoms with van der Waals surface area (Å²) in [7, 11) is 3.77. The lowest BCUT2D eigenvalue weighted by molar-refractivity contribution is 0.363. The van der Waals surface area contributed by atoms with Crippen molar-refractivity contribution in [2.75, 3.05) is 19.0 Å². The lowest BCUT2D eigenvalue weighted by Gasteiger charge is -2.05. The molecule has 1 aromatic heterocycles. The number of hydrogen-bond donors (Lipinski definition) is 1. The van der Waals surface area contributed by atoms with E-state index in [1.165, 1.54) is 12.8 Å². The van der Waals surface area contributed by atoms with Gasteiger partial charge in [-0.1, -0.05) is 0 Å². The molecule has 2 N–H and O–H groups in total. The van der Waals surface area contributed by atoms with Crippen molar-refractivity contribution in [2.24, 2.45) is 11.7 Å². The zero-order valence-corrected chi connectivity index (χ0v) is 8.60. The molecule has 1 fully saturated rings. The minimum absolute atomic E-state index is 0.186. The molecule has 1 aromatic rings. The highest BCUT2D eigenvalue weighted by Crippen LogP contribution is 2.32. The second-order valence-corrected chi connectivity index (χ2v) is 4.09. The number of nitrogens with two attached hydrogens (primary N) is 1. The number of rotatable bonds is 4. The van der Waals surface area contributed by atoms with Gasteiger partial charge in [-0.25, -0.2) is 0 Å². The molecule has 0 bridgehead atoms. The van der Waals surface area contributed by atoms with Crippen LogP contribution in [0.15, 0.2) is 4.52 Å². The van der Waals surface area contributed by atoms with E-state index >= 15 is 0 Å². The largest absolute Gasteiger partial charge is 0.344 e. The molecule has 0 radical (unpaired) electrons. The van der Waals surface area contributed by atoms with E-state index in [-0.39, 0.29) is 6.04 Å². The highest BCUT2D eigenvalue weighted by molar-refractivity contribution is 5.23. The van der Waals surface area contributed by atoms with Crippen LogP contribution >= 0.6 is 0 Å². The molecule has 5 heteroatoms. The van der Waals surface area contributed by atoms with Gasteiger partial charge < -0.3 is 15.2 Å². The van der Waals surface area contributed by atoms with E-state index < -0.39 is 0 Å². The summed E-state index contributed by atoms with van der Waals surface area (Å²) in [6, 6.07) is 0.186. The highest BCUT2D eigenvalue weighted by atomic mass is 16.5. The van der Waals surface area contributed by atoms with Crippen molar-refractivity contribution in [3.8, 4) is 0 Å². The molecule has 2 rings (SSSR count). The van der Waals surface area contributed by atoms with Crippen LogP contribution in [0.25, 0.3) is 0 Å². The minimum atomic E-state index is 0.186. The normalized spacial score (nSPS) is 18.2. The molecule has 0 saturated heterocycles. The van der Waals surface area contributed by atoms with E-state index in [0.29, 0.717) is 24.2 Å². The molecule has 1 saturated carbocycles. The quantitative estimate of drug-likeness (QED) is 0.755. The molecule has 0 amide bonds. The van der Waals surface area contributed by atoms with Crippen LogP contribution in [0, 0.1) is 5.92 Å². The summed E-state index contributed by atoms with van der Waals surface area (Å²) in [5, 5.41) is 3.83. The molecule has 5 nitrogen and oxygen atoms in total. The lowest BCUT2D eigenvalue weighted by atomic mass is 10.1. The summed E-state index contributed by atoms with van der Waals surface area (Å²) in [6.45, 7) is 0. The van der Waals surface area contributed by atoms with Gasteiger partial charge in [0.1, 0.15) is 0 Å². The van der Waals surface area contributed by atoms with Crippen LogP contribution < -0.4 is 10.6 Å². The van der Waals surface area contributed by atoms with Crippen molar-refractivity contribution >= 4 is 5.95 Å². The third kappa shape index (κ3) is 2.04. The second-order valence-electron chi connectivity index (χ2n) is 4.09. The second kappa shape index (κ2) is 3.57. The van der Waals surface area contributed by atoms with Gasteiger partial charge in [0.2, 0.25) is 5.89 Å². The van der Waals surface area contributed by atoms with Crippen LogP contribution in [-0.2, 0) is 6.42 Å². The minimum Gasteiger partial charge on any atom is -0.344 e. The molecule has 0 spiro atoms. The molecule has 0 aromatic carbocycles. The summed E-state index contributed by atoms with van der Waals surface area (Å²) in [4.78, 5) is 6.04. The smallest absolute Gasteiger partial charge is 0.265 e. The van der Waals surface area contributed by atoms with Crippen LogP contribution in [0.3, 0.4) is 0 Å². The van der Waals surface area contributed by atoms with E-state index in [0.717, 1.165) is 0 Å². The zero-order valence-electron chi connectivity index (χ0n) is 8.60. The Morgan fingerprint density at radius 2 is 2.29 bits per heavy atom. The molecule has 1 aliphatic rings. The van der Waals surface area contributed by atoms with E-state index in [9.17, 15) is 0 Å². The molecule has 14 heavy (non-hydrogen) atoms. The summed E-state index contributed by atoms with van der Waals surface area (Å²) >= 11 is 0. The first kappa shape index (κ1) is 9.45. The Hall–Kier alpha value is -1.10. The van der Waals surface area contributed by atoms with Gasteiger partial charge >= 0.3 is 0 Å². The summed E-state index contributed by atoms with van der Waals surface area (Å²) in [5.74, 6) is 1.93. The van der Waals surface area contributed by atoms with Gasteiger partial charge in [0, 0.05) is 26.6 Å². The van der Waals surface area contributed by atoms with E-state index in [4.69, 9.17) is 10.3 Å². The molecular weight excluding hydrogens is 180 g/mol. The van der Waals surface area contributed by atoms with E-state index in [2.05, 4.69) is 10.1 Å². The van der Waals surface area contributed by atoms with Crippen LogP contribution in [0.5, 0.6) is 0 Å². The van der Waals surface area contributed by atoms with Gasteiger partial charge in [0.25, 0.3) is 5.95 Å². The first-order chi connectivity index (χ1) is 6.66. The zero-order chi connectivity index (χ0) is 10.1. The van der Waals surface area contributed by atoms with Crippen LogP contribution in [0.4, 0.5) is 5.95 Å². The monoisotopic (exact) mass is 196 g/mol. The highest BCUT2D eigenvalue weighted by Gasteiger charge is 2.29. The molecule has 0 aliphatic heterocycles. The number of nitrogens with zero attached hydrogens (tertiary/aromatic N) is 3. The molecular formula is C9H16N4O. The predicted octanol–water partition coefficient (Wildman–Crippen LogP) is 0.415. The first-order valence-electron chi connectivity index (χ1n) is 4.92. The topological polar surface area (TPSA) is 68.2 Å². The standard InChI is InChI=1S/C9H16N4O/c1-13(2)9-11-8(14-12-9)5-7(10)6-3-4-6/h6-7H,3-5,10H2,1-2H3. The van der Waals surface area contributed by atoms with Crippen molar-refractivity contribution in [2.45, 2.75) is 25.3 Å². The van der Waals surface area contributed by atoms with Crippen molar-refractivity contribution < 1.29 is 4.52 Å². The lowest BCUT2D eigenvalue weighted by Crippen LogP contribution is -2.25. The average Bonchev–Trinajstić information content (AvgIpc) is 2.87. The first-order valence-corrected chi connectivity index (χ1v) is 4.92. The third-order valence-electron chi connectivity index (χ3n) is 2.50. The Morgan fingerprint density at radius 1 is 1.57 bits per heavy atom. The van der Waals surface area contributed by atoms with Crippen molar-refractivity contribution in [3.63, 3.8) is 0 Å². The van der Waals surface area contributed by atoms with Crippen molar-refractivity contribution in [1.29, 1.82) is 0 Å². The van der Waals surface area contributed by atoms with Crippen LogP contribution in [0.2, 0.25) is 0 Å². The van der Waals surface area contributed by atoms with Crippen molar-refractivity contribution in [3.05, 3.63) is 5.89 Å². The summed E-state index contributed by atoms with van der Waals surface area (Å²) in [6.07, 6.45) is 3.19. The predicted molar refractivity (Wildman–Crippen MR) is 53.0 cm³/mol. The number of hydrogen-bond acceptors (Lipinski definition) is 5. The number of aromatic nitrogens is 2. The van der Waals surface area contributed by atoms with Gasteiger partial charge in [-0.2, -0.15) is 4.98 Å². The van der Waals surface area contributed by atoms with Gasteiger partial charge in [-0.05, 0) is 23.9 Å². The molecule has 1 aliphatic carbocycles. The number of anilines is 1. The van der Waals surface area contributed by atoms with Crippen LogP contribution in [0.1, 0.15) is 18.7 Å². The SMILES string of the molecule is CN(C)c1noc(CC(N)C2CC2)n1. The van der Waals surface area contributed by atoms with E-state index in [1.54, 1.807) is 0 Å². The van der Waals surface area contributed by atoms with Gasteiger partial charge in [-0.15, -0.1) is 0 Å². The fourth-order valence-electron chi connectivity index (χ4n) is 1.40. The van der Waals surface area contributed by atoms with Gasteiger partial charge in [0.15, 0.2) is 0 Å². The Bertz CT molecular complexity index is 306. The van der Waals surface area contributed by atoms with Crippen molar-refractivity contribution in [1.82, 2.24) is 10.1 Å². The molecule has 1 atom stereocenters. The average molecular weight is 196 g/mol. The van der Waals surface area contributed by atoms with Crippen LogP contribution in [-0.4, -0.2) is 30.3 Å². The molecule has 1 heterocycles. The summed E-state index contributed by atoms with van der Waals surface area (Å²) < 4.78 is 5.09. The Morgan fingerprint density at radius 3 is 2.79 bits per heavy atom. The Labute approximate surface area is 83.3 Å². The maximum Gasteiger partial charge on any atom is 0.265 e. The third-order valence-corrected chi connectivity index (χ3v) is 2.50. The van der Waals surface area contributed by atoms with E-state index in [1.807, 2.05) is 19.0 Å². The van der Waals surface area contributed by atoms with Gasteiger partial charge in [0.05, 0.1) is 0 Å². The Kier molecular flexibility index (Phi) is 2.41. The molecule has 78 valence electrons. The molecule has 1 unspecified atom stereocenters. The fraction of sp³-hybridized carbons (Fsp3) is 0.778. The van der Waals surface area contributed by atoms with Gasteiger partial charge in [-0.3, -0.25) is 0 Å². The maximum atomic E-state index is 5.95. The Balaban J connectivity index is 1.95. The maximum absolute atomic E-state index is 5.95.